The number of allylic oxidation sites excluding steroid dienone is 4. The molecule has 0 aliphatic carbocycles. The Bertz CT molecular complexity index is 530. The van der Waals surface area contributed by atoms with Crippen LogP contribution in [0.5, 0.6) is 0 Å². The molecular formula is C22H40Cl2O4Ti. The molecule has 4 nitrogen and oxygen atoms in total. The summed E-state index contributed by atoms with van der Waals surface area (Å²) < 4.78 is 0. The zero-order chi connectivity index (χ0) is 24.4. The van der Waals surface area contributed by atoms with Crippen LogP contribution in [0, 0.1) is 21.7 Å². The summed E-state index contributed by atoms with van der Waals surface area (Å²) >= 11 is -0.556. The maximum absolute atomic E-state index is 11.5. The molecule has 0 spiro atoms. The Hall–Kier alpha value is -0.286. The zero-order valence-corrected chi connectivity index (χ0v) is 23.2. The molecule has 0 aromatic carbocycles. The van der Waals surface area contributed by atoms with Gasteiger partial charge in [0.25, 0.3) is 0 Å². The Morgan fingerprint density at radius 1 is 0.586 bits per heavy atom. The number of hydrogen-bond donors (Lipinski definition) is 2. The summed E-state index contributed by atoms with van der Waals surface area (Å²) in [5.74, 6) is 0.208. The fraction of sp³-hybridized carbons (Fsp3) is 0.727. The summed E-state index contributed by atoms with van der Waals surface area (Å²) in [6, 6.07) is 0. The molecule has 0 aliphatic heterocycles. The molecule has 0 fully saturated rings. The number of halogens is 2. The molecule has 170 valence electrons. The van der Waals surface area contributed by atoms with E-state index in [-0.39, 0.29) is 33.9 Å². The second-order valence-electron chi connectivity index (χ2n) is 10.9. The van der Waals surface area contributed by atoms with Crippen LogP contribution < -0.4 is 0 Å². The van der Waals surface area contributed by atoms with Crippen LogP contribution in [0.25, 0.3) is 0 Å². The summed E-state index contributed by atoms with van der Waals surface area (Å²) in [5, 5.41) is 19.1. The molecule has 0 saturated heterocycles. The van der Waals surface area contributed by atoms with Crippen LogP contribution in [0.4, 0.5) is 0 Å². The number of aliphatic hydroxyl groups excluding tert-OH is 2. The van der Waals surface area contributed by atoms with Crippen molar-refractivity contribution in [1.82, 2.24) is 0 Å². The Morgan fingerprint density at radius 3 is 0.862 bits per heavy atom. The molecule has 0 atom stereocenters. The maximum atomic E-state index is 11.5. The van der Waals surface area contributed by atoms with Crippen LogP contribution in [-0.2, 0) is 26.6 Å². The molecule has 0 amide bonds. The van der Waals surface area contributed by atoms with Gasteiger partial charge in [-0.1, -0.05) is 83.1 Å². The molecule has 0 heterocycles. The van der Waals surface area contributed by atoms with Gasteiger partial charge in [-0.3, -0.25) is 9.59 Å². The zero-order valence-electron chi connectivity index (χ0n) is 20.1. The van der Waals surface area contributed by atoms with Gasteiger partial charge in [-0.2, -0.15) is 0 Å². The van der Waals surface area contributed by atoms with Gasteiger partial charge in [-0.25, -0.2) is 0 Å². The van der Waals surface area contributed by atoms with Crippen molar-refractivity contribution in [2.45, 2.75) is 83.1 Å². The summed E-state index contributed by atoms with van der Waals surface area (Å²) in [6.07, 6.45) is 2.67. The first-order valence-corrected chi connectivity index (χ1v) is 13.7. The van der Waals surface area contributed by atoms with Crippen LogP contribution in [0.1, 0.15) is 83.1 Å². The van der Waals surface area contributed by atoms with Gasteiger partial charge in [0.2, 0.25) is 0 Å². The molecule has 0 saturated carbocycles. The van der Waals surface area contributed by atoms with E-state index in [1.54, 1.807) is 0 Å². The minimum atomic E-state index is -0.556. The van der Waals surface area contributed by atoms with Crippen LogP contribution in [0.2, 0.25) is 0 Å². The quantitative estimate of drug-likeness (QED) is 0.240. The molecule has 29 heavy (non-hydrogen) atoms. The third kappa shape index (κ3) is 18.2. The number of aliphatic hydroxyl groups is 2. The van der Waals surface area contributed by atoms with Gasteiger partial charge >= 0.3 is 35.6 Å². The van der Waals surface area contributed by atoms with E-state index in [4.69, 9.17) is 18.6 Å². The van der Waals surface area contributed by atoms with E-state index in [1.165, 1.54) is 12.2 Å². The molecule has 0 aromatic heterocycles. The Kier molecular flexibility index (Phi) is 15.2. The third-order valence-corrected chi connectivity index (χ3v) is 3.55. The molecule has 0 rings (SSSR count). The first-order chi connectivity index (χ1) is 12.5. The van der Waals surface area contributed by atoms with Crippen molar-refractivity contribution in [1.29, 1.82) is 0 Å². The summed E-state index contributed by atoms with van der Waals surface area (Å²) in [5.41, 5.74) is -1.53. The second kappa shape index (κ2) is 13.2. The Balaban J connectivity index is -0.000000410. The number of ketones is 2. The minimum absolute atomic E-state index is 0.0417. The topological polar surface area (TPSA) is 74.6 Å². The van der Waals surface area contributed by atoms with E-state index in [0.29, 0.717) is 0 Å². The van der Waals surface area contributed by atoms with Gasteiger partial charge in [0.1, 0.15) is 11.5 Å². The van der Waals surface area contributed by atoms with Crippen LogP contribution in [-0.4, -0.2) is 21.8 Å². The second-order valence-corrected chi connectivity index (χ2v) is 13.4. The summed E-state index contributed by atoms with van der Waals surface area (Å²) in [7, 11) is 9.78. The van der Waals surface area contributed by atoms with Crippen molar-refractivity contribution in [2.75, 3.05) is 0 Å². The fourth-order valence-corrected chi connectivity index (χ4v) is 1.11. The normalized spacial score (nSPS) is 13.4. The molecule has 2 N–H and O–H groups in total. The Morgan fingerprint density at radius 2 is 0.759 bits per heavy atom. The van der Waals surface area contributed by atoms with Crippen LogP contribution >= 0.6 is 18.6 Å². The molecule has 0 bridgehead atoms. The number of rotatable bonds is 2. The number of carbonyl (C=O) groups excluding carboxylic acids is 2. The average molecular weight is 487 g/mol. The van der Waals surface area contributed by atoms with Gasteiger partial charge < -0.3 is 10.2 Å². The monoisotopic (exact) mass is 486 g/mol. The van der Waals surface area contributed by atoms with Gasteiger partial charge in [0.05, 0.1) is 0 Å². The summed E-state index contributed by atoms with van der Waals surface area (Å²) in [6.45, 7) is 22.2. The van der Waals surface area contributed by atoms with Crippen molar-refractivity contribution in [3.8, 4) is 0 Å². The van der Waals surface area contributed by atoms with Crippen molar-refractivity contribution in [2.24, 2.45) is 21.7 Å². The van der Waals surface area contributed by atoms with E-state index in [1.807, 2.05) is 83.1 Å². The van der Waals surface area contributed by atoms with Crippen LogP contribution in [0.15, 0.2) is 23.7 Å². The molecule has 7 heteroatoms. The number of hydrogen-bond acceptors (Lipinski definition) is 4. The standard InChI is InChI=1S/2C11H20O2.2ClH.Ti/c2*1-10(2,3)8(12)7-9(13)11(4,5)6;;;/h2*7,12H,1-6H3;2*1H;/q;;;;+2/p-2. The van der Waals surface area contributed by atoms with Gasteiger partial charge in [0, 0.05) is 33.8 Å². The third-order valence-electron chi connectivity index (χ3n) is 3.55. The van der Waals surface area contributed by atoms with Gasteiger partial charge in [-0.05, 0) is 0 Å². The van der Waals surface area contributed by atoms with E-state index in [2.05, 4.69) is 0 Å². The van der Waals surface area contributed by atoms with E-state index >= 15 is 0 Å². The summed E-state index contributed by atoms with van der Waals surface area (Å²) in [4.78, 5) is 23.0. The predicted molar refractivity (Wildman–Crippen MR) is 121 cm³/mol. The molecular weight excluding hydrogens is 447 g/mol. The first kappa shape index (κ1) is 33.4. The molecule has 0 radical (unpaired) electrons. The molecule has 0 aliphatic rings. The predicted octanol–water partition coefficient (Wildman–Crippen LogP) is 7.56. The van der Waals surface area contributed by atoms with Crippen molar-refractivity contribution < 1.29 is 36.8 Å². The van der Waals surface area contributed by atoms with Crippen LogP contribution in [0.3, 0.4) is 0 Å². The van der Waals surface area contributed by atoms with Crippen molar-refractivity contribution in [3.63, 3.8) is 0 Å². The molecule has 0 aromatic rings. The van der Waals surface area contributed by atoms with E-state index in [0.717, 1.165) is 0 Å². The Labute approximate surface area is 194 Å². The fourth-order valence-electron chi connectivity index (χ4n) is 1.11. The average Bonchev–Trinajstić information content (AvgIpc) is 2.44. The van der Waals surface area contributed by atoms with E-state index in [9.17, 15) is 19.8 Å². The first-order valence-electron chi connectivity index (χ1n) is 9.39. The number of carbonyl (C=O) groups is 2. The van der Waals surface area contributed by atoms with Crippen molar-refractivity contribution >= 4 is 30.2 Å². The van der Waals surface area contributed by atoms with Gasteiger partial charge in [-0.15, -0.1) is 0 Å². The molecule has 0 unspecified atom stereocenters. The van der Waals surface area contributed by atoms with E-state index < -0.39 is 27.9 Å². The SMILES string of the molecule is CC(C)(C)C(=O)C=C(O)C(C)(C)C.CC(C)(C)C(=O)C=C(O)C(C)(C)C.[Cl][Ti][Cl]. The van der Waals surface area contributed by atoms with Gasteiger partial charge in [0.15, 0.2) is 11.6 Å². The van der Waals surface area contributed by atoms with Crippen molar-refractivity contribution in [3.05, 3.63) is 23.7 Å².